The van der Waals surface area contributed by atoms with E-state index in [0.29, 0.717) is 106 Å². The van der Waals surface area contributed by atoms with Crippen molar-refractivity contribution < 1.29 is 79.4 Å². The summed E-state index contributed by atoms with van der Waals surface area (Å²) in [5.74, 6) is 0.212. The Bertz CT molecular complexity index is 3090. The maximum atomic E-state index is 13.3. The lowest BCUT2D eigenvalue weighted by Crippen LogP contribution is -2.54. The van der Waals surface area contributed by atoms with Crippen LogP contribution in [0.15, 0.2) is 72.8 Å². The summed E-state index contributed by atoms with van der Waals surface area (Å²) in [6.07, 6.45) is -5.08. The fraction of sp³-hybridized carbons (Fsp3) is 0.525. The Morgan fingerprint density at radius 2 is 0.978 bits per heavy atom. The third-order valence-corrected chi connectivity index (χ3v) is 15.8. The highest BCUT2D eigenvalue weighted by atomic mass is 35.5. The number of carboxylic acids is 1. The van der Waals surface area contributed by atoms with Crippen LogP contribution in [0, 0.1) is 20.2 Å². The van der Waals surface area contributed by atoms with Crippen LogP contribution in [0.3, 0.4) is 0 Å². The van der Waals surface area contributed by atoms with Crippen LogP contribution in [0.1, 0.15) is 87.5 Å². The smallest absolute Gasteiger partial charge is 0.423 e. The van der Waals surface area contributed by atoms with Crippen molar-refractivity contribution in [2.45, 2.75) is 127 Å². The molecule has 4 fully saturated rings. The number of halogens is 10. The van der Waals surface area contributed by atoms with Gasteiger partial charge in [-0.15, -0.1) is 23.2 Å². The van der Waals surface area contributed by atoms with Crippen LogP contribution in [-0.2, 0) is 53.8 Å². The molecule has 2 saturated heterocycles. The summed E-state index contributed by atoms with van der Waals surface area (Å²) in [6, 6.07) is 16.3. The maximum Gasteiger partial charge on any atom is 0.423 e. The quantitative estimate of drug-likeness (QED) is 0.0396. The lowest BCUT2D eigenvalue weighted by atomic mass is 9.92. The Morgan fingerprint density at radius 3 is 1.36 bits per heavy atom. The summed E-state index contributed by atoms with van der Waals surface area (Å²) in [5, 5.41) is 41.0. The fourth-order valence-corrected chi connectivity index (χ4v) is 11.3. The van der Waals surface area contributed by atoms with E-state index in [9.17, 15) is 65.7 Å². The number of nitrogens with zero attached hydrogens (tertiary/aromatic N) is 5. The topological polar surface area (TPSA) is 258 Å². The van der Waals surface area contributed by atoms with E-state index in [1.807, 2.05) is 30.9 Å². The van der Waals surface area contributed by atoms with Crippen molar-refractivity contribution in [3.8, 4) is 11.5 Å². The number of fused-ring (bicyclic) bond motifs is 2. The molecular formula is C59H70Cl4F6N8O13. The standard InChI is InChI=1S/C28H30ClF3N4O6.C15H17F3N2O5.C13H15ClN2O2.C2H6.CH2Cl2/c29-18-1-8-24-17(13-18)14-25(42-24)27(38)35-11-9-34(10-12-35)26(37)16-41-21-5-2-19(3-6-21)33-20-4-7-23(36(39)40)22(15-20)28(30,31)32;16-15(17,18)12-7-10(3-6-13(12)20(23)24)19-9-1-4-11(5-2-9)25-8-14(21)22;14-10-1-2-11-9(7-10)8-12(18-11)13(17)16-5-3-15-4-6-16;1-2;2-1-3/h1,4,7-8,13,15,19,21,25,33H,2-3,5-6,9-12,14,16H2;3,6-7,9,11,19H,1-2,4-5,8H2,(H,21,22);1-2,7,12,15H,3-6,8H2;1-2H3;1H2. The first kappa shape index (κ1) is 72.4. The maximum absolute atomic E-state index is 13.3. The van der Waals surface area contributed by atoms with Crippen molar-refractivity contribution >= 4 is 92.8 Å². The highest BCUT2D eigenvalue weighted by Crippen LogP contribution is 2.40. The number of hydrogen-bond donors (Lipinski definition) is 4. The van der Waals surface area contributed by atoms with Gasteiger partial charge >= 0.3 is 18.3 Å². The van der Waals surface area contributed by atoms with Crippen LogP contribution in [0.25, 0.3) is 0 Å². The molecule has 2 saturated carbocycles. The number of anilines is 2. The zero-order chi connectivity index (χ0) is 65.9. The molecule has 0 radical (unpaired) electrons. The Hall–Kier alpha value is -6.62. The van der Waals surface area contributed by atoms with E-state index < -0.39 is 56.8 Å². The van der Waals surface area contributed by atoms with Crippen molar-refractivity contribution in [1.82, 2.24) is 20.0 Å². The number of alkyl halides is 8. The second kappa shape index (κ2) is 34.2. The van der Waals surface area contributed by atoms with Gasteiger partial charge in [-0.2, -0.15) is 26.3 Å². The number of ether oxygens (including phenoxy) is 4. The van der Waals surface area contributed by atoms with Gasteiger partial charge in [0.05, 0.1) is 27.4 Å². The average molecular weight is 1360 g/mol. The highest BCUT2D eigenvalue weighted by Gasteiger charge is 2.41. The summed E-state index contributed by atoms with van der Waals surface area (Å²) in [5.41, 5.74) is -2.30. The number of carboxylic acid groups (broad SMARTS) is 1. The Balaban J connectivity index is 0.000000227. The van der Waals surface area contributed by atoms with Crippen molar-refractivity contribution in [2.75, 3.05) is 81.5 Å². The number of carbonyl (C=O) groups is 4. The molecule has 6 aliphatic rings. The molecule has 4 aliphatic heterocycles. The summed E-state index contributed by atoms with van der Waals surface area (Å²) in [6.45, 7) is 8.36. The number of benzene rings is 4. The number of hydrogen-bond acceptors (Lipinski definition) is 15. The molecule has 3 amide bonds. The molecule has 4 aromatic carbocycles. The molecule has 2 unspecified atom stereocenters. The lowest BCUT2D eigenvalue weighted by Gasteiger charge is -2.36. The van der Waals surface area contributed by atoms with Crippen LogP contribution in [0.5, 0.6) is 11.5 Å². The SMILES string of the molecule is CC.ClCCl.O=C(C1Cc2cc(Cl)ccc2O1)N1CCNCC1.O=C(COC1CCC(Nc2ccc([N+](=O)[O-])c(C(F)(F)F)c2)CC1)N1CCN(C(=O)C2Cc3cc(Cl)ccc3O2)CC1.O=C(O)COC1CCC(Nc2ccc([N+](=O)[O-])c(C(F)(F)F)c2)CC1. The zero-order valence-electron chi connectivity index (χ0n) is 49.1. The minimum Gasteiger partial charge on any atom is -0.480 e. The van der Waals surface area contributed by atoms with Crippen molar-refractivity contribution in [2.24, 2.45) is 0 Å². The highest BCUT2D eigenvalue weighted by molar-refractivity contribution is 6.40. The number of nitro benzene ring substituents is 2. The van der Waals surface area contributed by atoms with Crippen LogP contribution in [0.4, 0.5) is 49.1 Å². The number of aliphatic carboxylic acids is 1. The Morgan fingerprint density at radius 1 is 0.600 bits per heavy atom. The predicted molar refractivity (Wildman–Crippen MR) is 325 cm³/mol. The molecule has 10 rings (SSSR count). The van der Waals surface area contributed by atoms with E-state index in [4.69, 9.17) is 70.5 Å². The summed E-state index contributed by atoms with van der Waals surface area (Å²) in [7, 11) is 0. The lowest BCUT2D eigenvalue weighted by molar-refractivity contribution is -0.388. The molecule has 4 N–H and O–H groups in total. The second-order valence-electron chi connectivity index (χ2n) is 21.2. The largest absolute Gasteiger partial charge is 0.480 e. The van der Waals surface area contributed by atoms with Gasteiger partial charge in [-0.05, 0) is 123 Å². The number of amides is 3. The molecule has 0 bridgehead atoms. The number of rotatable bonds is 14. The van der Waals surface area contributed by atoms with Gasteiger partial charge in [0.15, 0.2) is 12.2 Å². The average Bonchev–Trinajstić information content (AvgIpc) is 2.10. The summed E-state index contributed by atoms with van der Waals surface area (Å²) < 4.78 is 101. The van der Waals surface area contributed by atoms with Crippen molar-refractivity contribution in [1.29, 1.82) is 0 Å². The number of nitrogens with one attached hydrogen (secondary N) is 3. The van der Waals surface area contributed by atoms with Gasteiger partial charge in [-0.25, -0.2) is 4.79 Å². The fourth-order valence-electron chi connectivity index (χ4n) is 10.9. The summed E-state index contributed by atoms with van der Waals surface area (Å²) >= 11 is 21.5. The van der Waals surface area contributed by atoms with Crippen LogP contribution < -0.4 is 25.4 Å². The minimum atomic E-state index is -4.84. The van der Waals surface area contributed by atoms with Crippen LogP contribution in [0.2, 0.25) is 10.0 Å². The van der Waals surface area contributed by atoms with Gasteiger partial charge in [0.25, 0.3) is 23.2 Å². The molecule has 0 spiro atoms. The van der Waals surface area contributed by atoms with Gasteiger partial charge < -0.3 is 54.7 Å². The van der Waals surface area contributed by atoms with Crippen LogP contribution >= 0.6 is 46.4 Å². The third-order valence-electron chi connectivity index (χ3n) is 15.3. The third kappa shape index (κ3) is 21.2. The first-order valence-electron chi connectivity index (χ1n) is 29.1. The van der Waals surface area contributed by atoms with Gasteiger partial charge in [-0.3, -0.25) is 34.6 Å². The van der Waals surface area contributed by atoms with E-state index in [0.717, 1.165) is 67.3 Å². The Kier molecular flexibility index (Phi) is 27.5. The van der Waals surface area contributed by atoms with Gasteiger partial charge in [0.2, 0.25) is 5.91 Å². The van der Waals surface area contributed by atoms with Gasteiger partial charge in [0.1, 0.15) is 35.8 Å². The predicted octanol–water partition coefficient (Wildman–Crippen LogP) is 11.6. The molecule has 494 valence electrons. The molecule has 4 aromatic rings. The van der Waals surface area contributed by atoms with Gasteiger partial charge in [-0.1, -0.05) is 37.0 Å². The van der Waals surface area contributed by atoms with Crippen molar-refractivity contribution in [3.63, 3.8) is 0 Å². The molecule has 2 atom stereocenters. The molecule has 90 heavy (non-hydrogen) atoms. The molecule has 2 aliphatic carbocycles. The van der Waals surface area contributed by atoms with E-state index >= 15 is 0 Å². The number of piperazine rings is 2. The molecule has 0 aromatic heterocycles. The number of carbonyl (C=O) groups excluding carboxylic acids is 3. The monoisotopic (exact) mass is 1350 g/mol. The Labute approximate surface area is 535 Å². The van der Waals surface area contributed by atoms with Gasteiger partial charge in [0, 0.05) is 111 Å². The zero-order valence-corrected chi connectivity index (χ0v) is 52.1. The molecule has 4 heterocycles. The molecular weight excluding hydrogens is 1280 g/mol. The van der Waals surface area contributed by atoms with E-state index in [1.165, 1.54) is 12.1 Å². The van der Waals surface area contributed by atoms with E-state index in [1.54, 1.807) is 34.1 Å². The van der Waals surface area contributed by atoms with E-state index in [-0.39, 0.29) is 78.0 Å². The van der Waals surface area contributed by atoms with E-state index in [2.05, 4.69) is 16.0 Å². The molecule has 21 nitrogen and oxygen atoms in total. The summed E-state index contributed by atoms with van der Waals surface area (Å²) in [4.78, 5) is 73.3. The first-order chi connectivity index (χ1) is 42.8. The normalized spacial score (nSPS) is 21.0. The number of nitro groups is 2. The minimum absolute atomic E-state index is 0.0869. The van der Waals surface area contributed by atoms with Crippen molar-refractivity contribution in [3.05, 3.63) is 125 Å². The first-order valence-corrected chi connectivity index (χ1v) is 30.9. The molecule has 31 heteroatoms. The second-order valence-corrected chi connectivity index (χ2v) is 22.9. The van der Waals surface area contributed by atoms with Crippen LogP contribution in [-0.4, -0.2) is 161 Å².